The Kier molecular flexibility index (Phi) is 6.56. The molecule has 1 heterocycles. The number of esters is 3. The monoisotopic (exact) mass is 380 g/mol. The Morgan fingerprint density at radius 1 is 1.04 bits per heavy atom. The van der Waals surface area contributed by atoms with Crippen LogP contribution in [-0.4, -0.2) is 55.2 Å². The molecular formula is C19H24O8. The van der Waals surface area contributed by atoms with Crippen LogP contribution < -0.4 is 0 Å². The summed E-state index contributed by atoms with van der Waals surface area (Å²) in [7, 11) is 1.38. The number of rotatable bonds is 5. The minimum atomic E-state index is -1.51. The Morgan fingerprint density at radius 2 is 1.67 bits per heavy atom. The van der Waals surface area contributed by atoms with E-state index in [0.29, 0.717) is 5.56 Å². The molecule has 0 radical (unpaired) electrons. The van der Waals surface area contributed by atoms with Crippen LogP contribution in [0.25, 0.3) is 0 Å². The van der Waals surface area contributed by atoms with Crippen LogP contribution in [0.15, 0.2) is 30.3 Å². The smallest absolute Gasteiger partial charge is 0.338 e. The maximum Gasteiger partial charge on any atom is 0.338 e. The van der Waals surface area contributed by atoms with Gasteiger partial charge in [-0.15, -0.1) is 0 Å². The number of hydrogen-bond acceptors (Lipinski definition) is 8. The molecule has 1 aromatic rings. The van der Waals surface area contributed by atoms with Crippen LogP contribution in [0.2, 0.25) is 0 Å². The van der Waals surface area contributed by atoms with Crippen molar-refractivity contribution in [1.82, 2.24) is 0 Å². The van der Waals surface area contributed by atoms with E-state index in [1.165, 1.54) is 27.9 Å². The first-order chi connectivity index (χ1) is 12.7. The topological polar surface area (TPSA) is 97.4 Å². The molecule has 1 saturated heterocycles. The normalized spacial score (nSPS) is 30.3. The second kappa shape index (κ2) is 8.49. The van der Waals surface area contributed by atoms with Crippen molar-refractivity contribution in [3.63, 3.8) is 0 Å². The number of methoxy groups -OCH3 is 1. The third-order valence-corrected chi connectivity index (χ3v) is 4.26. The largest absolute Gasteiger partial charge is 0.454 e. The summed E-state index contributed by atoms with van der Waals surface area (Å²) in [4.78, 5) is 35.9. The molecule has 0 bridgehead atoms. The molecular weight excluding hydrogens is 356 g/mol. The van der Waals surface area contributed by atoms with Crippen LogP contribution in [0.5, 0.6) is 0 Å². The molecule has 0 amide bonds. The maximum absolute atomic E-state index is 12.5. The molecule has 0 unspecified atom stereocenters. The zero-order valence-electron chi connectivity index (χ0n) is 16.0. The Hall–Kier alpha value is -2.45. The van der Waals surface area contributed by atoms with Crippen LogP contribution in [0.1, 0.15) is 38.1 Å². The Balaban J connectivity index is 2.38. The van der Waals surface area contributed by atoms with Gasteiger partial charge >= 0.3 is 17.9 Å². The van der Waals surface area contributed by atoms with E-state index in [0.717, 1.165) is 0 Å². The molecule has 8 heteroatoms. The second-order valence-electron chi connectivity index (χ2n) is 6.45. The summed E-state index contributed by atoms with van der Waals surface area (Å²) < 4.78 is 27.4. The van der Waals surface area contributed by atoms with Gasteiger partial charge in [-0.25, -0.2) is 4.79 Å². The van der Waals surface area contributed by atoms with E-state index in [1.807, 2.05) is 0 Å². The van der Waals surface area contributed by atoms with Crippen molar-refractivity contribution in [1.29, 1.82) is 0 Å². The zero-order valence-corrected chi connectivity index (χ0v) is 16.0. The van der Waals surface area contributed by atoms with E-state index in [4.69, 9.17) is 23.7 Å². The summed E-state index contributed by atoms with van der Waals surface area (Å²) in [5, 5.41) is 0. The highest BCUT2D eigenvalue weighted by Crippen LogP contribution is 2.37. The molecule has 0 aromatic heterocycles. The van der Waals surface area contributed by atoms with Crippen LogP contribution in [0, 0.1) is 0 Å². The molecule has 0 saturated carbocycles. The third-order valence-electron chi connectivity index (χ3n) is 4.26. The summed E-state index contributed by atoms with van der Waals surface area (Å²) in [6, 6.07) is 8.36. The average Bonchev–Trinajstić information content (AvgIpc) is 2.60. The van der Waals surface area contributed by atoms with Gasteiger partial charge in [0.1, 0.15) is 0 Å². The van der Waals surface area contributed by atoms with Crippen LogP contribution >= 0.6 is 0 Å². The van der Waals surface area contributed by atoms with E-state index in [9.17, 15) is 14.4 Å². The first kappa shape index (κ1) is 20.9. The molecule has 1 fully saturated rings. The second-order valence-corrected chi connectivity index (χ2v) is 6.45. The van der Waals surface area contributed by atoms with Gasteiger partial charge in [0.25, 0.3) is 0 Å². The predicted molar refractivity (Wildman–Crippen MR) is 92.7 cm³/mol. The fourth-order valence-corrected chi connectivity index (χ4v) is 3.11. The molecule has 0 N–H and O–H groups in total. The molecule has 27 heavy (non-hydrogen) atoms. The number of carbonyl (C=O) groups is 3. The van der Waals surface area contributed by atoms with Crippen molar-refractivity contribution < 1.29 is 38.1 Å². The van der Waals surface area contributed by atoms with E-state index >= 15 is 0 Å². The van der Waals surface area contributed by atoms with E-state index in [-0.39, 0.29) is 0 Å². The van der Waals surface area contributed by atoms with Gasteiger partial charge < -0.3 is 23.7 Å². The Labute approximate surface area is 157 Å². The van der Waals surface area contributed by atoms with E-state index < -0.39 is 48.1 Å². The molecule has 1 aromatic carbocycles. The summed E-state index contributed by atoms with van der Waals surface area (Å²) in [6.45, 7) is 5.59. The SMILES string of the molecule is CO[C@H]1O[C@@H](C)[C@@H](OC(=O)c2ccccc2)[C@H](OC(C)=O)[C@]1(C)OC(C)=O. The summed E-state index contributed by atoms with van der Waals surface area (Å²) >= 11 is 0. The lowest BCUT2D eigenvalue weighted by molar-refractivity contribution is -0.327. The van der Waals surface area contributed by atoms with Gasteiger partial charge in [-0.05, 0) is 26.0 Å². The summed E-state index contributed by atoms with van der Waals surface area (Å²) in [5.41, 5.74) is -1.19. The molecule has 1 aliphatic rings. The highest BCUT2D eigenvalue weighted by molar-refractivity contribution is 5.89. The highest BCUT2D eigenvalue weighted by atomic mass is 16.7. The van der Waals surface area contributed by atoms with Crippen molar-refractivity contribution >= 4 is 17.9 Å². The van der Waals surface area contributed by atoms with Gasteiger partial charge in [-0.1, -0.05) is 18.2 Å². The molecule has 8 nitrogen and oxygen atoms in total. The van der Waals surface area contributed by atoms with Crippen molar-refractivity contribution in [2.75, 3.05) is 7.11 Å². The van der Waals surface area contributed by atoms with Gasteiger partial charge in [-0.3, -0.25) is 9.59 Å². The minimum absolute atomic E-state index is 0.328. The molecule has 2 rings (SSSR count). The molecule has 1 aliphatic heterocycles. The van der Waals surface area contributed by atoms with Gasteiger partial charge in [0.2, 0.25) is 6.29 Å². The first-order valence-corrected chi connectivity index (χ1v) is 8.50. The van der Waals surface area contributed by atoms with E-state index in [2.05, 4.69) is 0 Å². The van der Waals surface area contributed by atoms with Gasteiger partial charge in [-0.2, -0.15) is 0 Å². The minimum Gasteiger partial charge on any atom is -0.454 e. The summed E-state index contributed by atoms with van der Waals surface area (Å²) in [5.74, 6) is -1.86. The first-order valence-electron chi connectivity index (χ1n) is 8.50. The van der Waals surface area contributed by atoms with E-state index in [1.54, 1.807) is 37.3 Å². The van der Waals surface area contributed by atoms with Gasteiger partial charge in [0.15, 0.2) is 17.8 Å². The summed E-state index contributed by atoms with van der Waals surface area (Å²) in [6.07, 6.45) is -3.85. The Bertz CT molecular complexity index is 688. The van der Waals surface area contributed by atoms with Crippen molar-refractivity contribution in [2.45, 2.75) is 57.9 Å². The van der Waals surface area contributed by atoms with Crippen LogP contribution in [0.4, 0.5) is 0 Å². The fourth-order valence-electron chi connectivity index (χ4n) is 3.11. The number of hydrogen-bond donors (Lipinski definition) is 0. The van der Waals surface area contributed by atoms with Crippen LogP contribution in [-0.2, 0) is 33.3 Å². The number of ether oxygens (including phenoxy) is 5. The molecule has 0 aliphatic carbocycles. The number of benzene rings is 1. The predicted octanol–water partition coefficient (Wildman–Crippen LogP) is 1.86. The lowest BCUT2D eigenvalue weighted by Crippen LogP contribution is -2.67. The van der Waals surface area contributed by atoms with Crippen molar-refractivity contribution in [2.24, 2.45) is 0 Å². The molecule has 148 valence electrons. The maximum atomic E-state index is 12.5. The van der Waals surface area contributed by atoms with Crippen molar-refractivity contribution in [3.05, 3.63) is 35.9 Å². The fraction of sp³-hybridized carbons (Fsp3) is 0.526. The molecule has 0 spiro atoms. The van der Waals surface area contributed by atoms with Gasteiger partial charge in [0, 0.05) is 21.0 Å². The third kappa shape index (κ3) is 4.64. The average molecular weight is 380 g/mol. The Morgan fingerprint density at radius 3 is 2.19 bits per heavy atom. The van der Waals surface area contributed by atoms with Gasteiger partial charge in [0.05, 0.1) is 11.7 Å². The zero-order chi connectivity index (χ0) is 20.2. The van der Waals surface area contributed by atoms with Crippen molar-refractivity contribution in [3.8, 4) is 0 Å². The lowest BCUT2D eigenvalue weighted by atomic mass is 9.87. The lowest BCUT2D eigenvalue weighted by Gasteiger charge is -2.49. The standard InChI is InChI=1S/C19H24O8/c1-11-15(26-17(22)14-9-7-6-8-10-14)16(25-12(2)20)19(4,27-13(3)21)18(23-5)24-11/h6-11,15-16,18H,1-5H3/t11-,15+,16-,18-,19-/m0/s1. The quantitative estimate of drug-likeness (QED) is 0.564. The van der Waals surface area contributed by atoms with Crippen LogP contribution in [0.3, 0.4) is 0 Å². The highest BCUT2D eigenvalue weighted by Gasteiger charge is 2.59. The number of carbonyl (C=O) groups excluding carboxylic acids is 3. The molecule has 5 atom stereocenters.